The van der Waals surface area contributed by atoms with Gasteiger partial charge in [0.25, 0.3) is 0 Å². The number of nitrogens with one attached hydrogen (secondary N) is 1. The summed E-state index contributed by atoms with van der Waals surface area (Å²) in [6, 6.07) is 7.05. The van der Waals surface area contributed by atoms with Gasteiger partial charge >= 0.3 is 0 Å². The van der Waals surface area contributed by atoms with Crippen molar-refractivity contribution in [2.45, 2.75) is 27.3 Å². The zero-order valence-corrected chi connectivity index (χ0v) is 12.0. The smallest absolute Gasteiger partial charge is 0.129 e. The summed E-state index contributed by atoms with van der Waals surface area (Å²) < 4.78 is 13.6. The van der Waals surface area contributed by atoms with Crippen molar-refractivity contribution in [1.29, 1.82) is 5.26 Å². The van der Waals surface area contributed by atoms with Gasteiger partial charge in [0.2, 0.25) is 0 Å². The number of rotatable bonds is 3. The van der Waals surface area contributed by atoms with Gasteiger partial charge in [-0.15, -0.1) is 11.3 Å². The van der Waals surface area contributed by atoms with Gasteiger partial charge in [0.15, 0.2) is 0 Å². The van der Waals surface area contributed by atoms with Crippen LogP contribution in [0.15, 0.2) is 18.2 Å². The highest BCUT2D eigenvalue weighted by molar-refractivity contribution is 7.12. The molecule has 0 saturated carbocycles. The van der Waals surface area contributed by atoms with Gasteiger partial charge in [-0.2, -0.15) is 5.26 Å². The highest BCUT2D eigenvalue weighted by Crippen LogP contribution is 2.24. The lowest BCUT2D eigenvalue weighted by molar-refractivity contribution is 0.618. The number of aryl methyl sites for hydroxylation is 2. The minimum Gasteiger partial charge on any atom is -0.381 e. The van der Waals surface area contributed by atoms with Crippen molar-refractivity contribution in [3.63, 3.8) is 0 Å². The molecule has 1 heterocycles. The Kier molecular flexibility index (Phi) is 3.87. The lowest BCUT2D eigenvalue weighted by Gasteiger charge is -2.10. The molecule has 0 bridgehead atoms. The van der Waals surface area contributed by atoms with Gasteiger partial charge in [-0.05, 0) is 44.5 Å². The van der Waals surface area contributed by atoms with Crippen LogP contribution in [0.3, 0.4) is 0 Å². The van der Waals surface area contributed by atoms with E-state index in [1.54, 1.807) is 24.3 Å². The highest BCUT2D eigenvalue weighted by atomic mass is 32.1. The molecule has 0 saturated heterocycles. The van der Waals surface area contributed by atoms with Gasteiger partial charge in [-0.3, -0.25) is 0 Å². The molecule has 0 unspecified atom stereocenters. The number of halogens is 1. The zero-order valence-electron chi connectivity index (χ0n) is 11.2. The fourth-order valence-electron chi connectivity index (χ4n) is 1.98. The van der Waals surface area contributed by atoms with Crippen molar-refractivity contribution in [2.24, 2.45) is 0 Å². The second kappa shape index (κ2) is 5.41. The maximum Gasteiger partial charge on any atom is 0.129 e. The zero-order chi connectivity index (χ0) is 14.0. The maximum absolute atomic E-state index is 13.6. The summed E-state index contributed by atoms with van der Waals surface area (Å²) in [5, 5.41) is 12.1. The molecule has 19 heavy (non-hydrogen) atoms. The highest BCUT2D eigenvalue weighted by Gasteiger charge is 2.08. The van der Waals surface area contributed by atoms with E-state index in [0.717, 1.165) is 0 Å². The minimum atomic E-state index is -0.347. The molecular weight excluding hydrogens is 259 g/mol. The summed E-state index contributed by atoms with van der Waals surface area (Å²) in [5.74, 6) is -0.347. The van der Waals surface area contributed by atoms with Gasteiger partial charge in [-0.25, -0.2) is 4.39 Å². The van der Waals surface area contributed by atoms with Gasteiger partial charge < -0.3 is 5.32 Å². The average Bonchev–Trinajstić information content (AvgIpc) is 2.69. The van der Waals surface area contributed by atoms with E-state index in [-0.39, 0.29) is 5.82 Å². The fraction of sp³-hybridized carbons (Fsp3) is 0.267. The molecule has 1 aromatic heterocycles. The van der Waals surface area contributed by atoms with Crippen LogP contribution in [0.4, 0.5) is 10.1 Å². The van der Waals surface area contributed by atoms with E-state index >= 15 is 0 Å². The quantitative estimate of drug-likeness (QED) is 0.906. The Morgan fingerprint density at radius 1 is 1.26 bits per heavy atom. The largest absolute Gasteiger partial charge is 0.381 e. The Morgan fingerprint density at radius 3 is 2.58 bits per heavy atom. The van der Waals surface area contributed by atoms with Crippen LogP contribution in [0.25, 0.3) is 0 Å². The second-order valence-corrected chi connectivity index (χ2v) is 5.99. The topological polar surface area (TPSA) is 35.8 Å². The lowest BCUT2D eigenvalue weighted by atomic mass is 10.1. The van der Waals surface area contributed by atoms with Gasteiger partial charge in [0.05, 0.1) is 11.6 Å². The number of nitriles is 1. The second-order valence-electron chi connectivity index (χ2n) is 4.53. The van der Waals surface area contributed by atoms with Crippen molar-refractivity contribution in [3.05, 3.63) is 50.5 Å². The standard InChI is InChI=1S/C15H15FN2S/c1-9-4-13(11(3)19-9)8-18-15-6-12(7-17)5-14(16)10(15)2/h4-6,18H,8H2,1-3H3. The van der Waals surface area contributed by atoms with E-state index in [9.17, 15) is 4.39 Å². The number of hydrogen-bond acceptors (Lipinski definition) is 3. The number of nitrogens with zero attached hydrogens (tertiary/aromatic N) is 1. The van der Waals surface area contributed by atoms with E-state index in [1.807, 2.05) is 6.07 Å². The van der Waals surface area contributed by atoms with Crippen molar-refractivity contribution < 1.29 is 4.39 Å². The molecule has 1 N–H and O–H groups in total. The first-order valence-electron chi connectivity index (χ1n) is 6.01. The number of benzene rings is 1. The first kappa shape index (κ1) is 13.6. The predicted molar refractivity (Wildman–Crippen MR) is 77.0 cm³/mol. The number of anilines is 1. The number of hydrogen-bond donors (Lipinski definition) is 1. The normalized spacial score (nSPS) is 10.3. The maximum atomic E-state index is 13.6. The van der Waals surface area contributed by atoms with Crippen molar-refractivity contribution in [2.75, 3.05) is 5.32 Å². The Bertz CT molecular complexity index is 653. The third-order valence-electron chi connectivity index (χ3n) is 3.09. The molecule has 0 aliphatic heterocycles. The molecule has 1 aromatic carbocycles. The van der Waals surface area contributed by atoms with E-state index < -0.39 is 0 Å². The van der Waals surface area contributed by atoms with Crippen molar-refractivity contribution >= 4 is 17.0 Å². The third kappa shape index (κ3) is 2.94. The van der Waals surface area contributed by atoms with Gasteiger partial charge in [0.1, 0.15) is 5.82 Å². The summed E-state index contributed by atoms with van der Waals surface area (Å²) in [7, 11) is 0. The molecule has 2 nitrogen and oxygen atoms in total. The van der Waals surface area contributed by atoms with Crippen LogP contribution in [0, 0.1) is 37.9 Å². The predicted octanol–water partition coefficient (Wildman–Crippen LogP) is 4.30. The molecule has 2 aromatic rings. The Hall–Kier alpha value is -1.86. The third-order valence-corrected chi connectivity index (χ3v) is 4.09. The van der Waals surface area contributed by atoms with Crippen molar-refractivity contribution in [1.82, 2.24) is 0 Å². The molecule has 98 valence electrons. The van der Waals surface area contributed by atoms with Crippen LogP contribution >= 0.6 is 11.3 Å². The van der Waals surface area contributed by atoms with E-state index in [4.69, 9.17) is 5.26 Å². The van der Waals surface area contributed by atoms with Crippen LogP contribution in [0.1, 0.15) is 26.4 Å². The molecule has 4 heteroatoms. The molecular formula is C15H15FN2S. The van der Waals surface area contributed by atoms with Gasteiger partial charge in [-0.1, -0.05) is 0 Å². The molecule has 0 amide bonds. The van der Waals surface area contributed by atoms with Crippen LogP contribution in [0.2, 0.25) is 0 Å². The van der Waals surface area contributed by atoms with Crippen LogP contribution in [-0.4, -0.2) is 0 Å². The van der Waals surface area contributed by atoms with E-state index in [1.165, 1.54) is 21.4 Å². The lowest BCUT2D eigenvalue weighted by Crippen LogP contribution is -2.03. The van der Waals surface area contributed by atoms with Crippen LogP contribution < -0.4 is 5.32 Å². The molecule has 0 aliphatic rings. The summed E-state index contributed by atoms with van der Waals surface area (Å²) >= 11 is 1.75. The van der Waals surface area contributed by atoms with Crippen LogP contribution in [-0.2, 0) is 6.54 Å². The number of thiophene rings is 1. The molecule has 0 spiro atoms. The molecule has 0 atom stereocenters. The molecule has 0 radical (unpaired) electrons. The van der Waals surface area contributed by atoms with Crippen LogP contribution in [0.5, 0.6) is 0 Å². The Labute approximate surface area is 116 Å². The Morgan fingerprint density at radius 2 is 2.00 bits per heavy atom. The first-order valence-corrected chi connectivity index (χ1v) is 6.83. The summed E-state index contributed by atoms with van der Waals surface area (Å²) in [5.41, 5.74) is 2.77. The molecule has 0 fully saturated rings. The van der Waals surface area contributed by atoms with Crippen molar-refractivity contribution in [3.8, 4) is 6.07 Å². The van der Waals surface area contributed by atoms with E-state index in [0.29, 0.717) is 23.4 Å². The first-order chi connectivity index (χ1) is 9.01. The SMILES string of the molecule is Cc1cc(CNc2cc(C#N)cc(F)c2C)c(C)s1. The molecule has 2 rings (SSSR count). The summed E-state index contributed by atoms with van der Waals surface area (Å²) in [6.45, 7) is 6.51. The minimum absolute atomic E-state index is 0.337. The average molecular weight is 274 g/mol. The van der Waals surface area contributed by atoms with E-state index in [2.05, 4.69) is 25.2 Å². The fourth-order valence-corrected chi connectivity index (χ4v) is 2.92. The monoisotopic (exact) mass is 274 g/mol. The summed E-state index contributed by atoms with van der Waals surface area (Å²) in [4.78, 5) is 2.53. The van der Waals surface area contributed by atoms with Gasteiger partial charge in [0, 0.05) is 27.5 Å². The Balaban J connectivity index is 2.22. The molecule has 0 aliphatic carbocycles. The summed E-state index contributed by atoms with van der Waals surface area (Å²) in [6.07, 6.45) is 0.